The first kappa shape index (κ1) is 16.0. The van der Waals surface area contributed by atoms with Gasteiger partial charge < -0.3 is 15.4 Å². The minimum atomic E-state index is -0.457. The molecule has 0 unspecified atom stereocenters. The molecule has 0 spiro atoms. The maximum absolute atomic E-state index is 12.7. The topological polar surface area (TPSA) is 79.0 Å². The Labute approximate surface area is 126 Å². The van der Waals surface area contributed by atoms with Gasteiger partial charge in [-0.25, -0.2) is 0 Å². The van der Waals surface area contributed by atoms with E-state index in [4.69, 9.17) is 4.74 Å². The number of aromatic nitrogens is 2. The zero-order chi connectivity index (χ0) is 15.5. The van der Waals surface area contributed by atoms with E-state index < -0.39 is 5.41 Å². The largest absolute Gasteiger partial charge is 0.384 e. The Bertz CT molecular complexity index is 479. The molecule has 1 aliphatic heterocycles. The molecule has 1 saturated heterocycles. The fourth-order valence-corrected chi connectivity index (χ4v) is 2.64. The zero-order valence-electron chi connectivity index (χ0n) is 13.4. The third-order valence-corrected chi connectivity index (χ3v) is 4.09. The van der Waals surface area contributed by atoms with Crippen LogP contribution < -0.4 is 10.6 Å². The molecule has 118 valence electrons. The number of hydrogen-bond acceptors (Lipinski definition) is 4. The number of piperidine rings is 1. The van der Waals surface area contributed by atoms with Gasteiger partial charge in [-0.15, -0.1) is 0 Å². The highest BCUT2D eigenvalue weighted by Gasteiger charge is 2.40. The number of hydrogen-bond donors (Lipinski definition) is 3. The predicted molar refractivity (Wildman–Crippen MR) is 82.3 cm³/mol. The van der Waals surface area contributed by atoms with Gasteiger partial charge >= 0.3 is 0 Å². The number of anilines is 1. The van der Waals surface area contributed by atoms with E-state index in [1.165, 1.54) is 0 Å². The van der Waals surface area contributed by atoms with Gasteiger partial charge in [0.2, 0.25) is 5.91 Å². The van der Waals surface area contributed by atoms with Crippen LogP contribution in [0.2, 0.25) is 0 Å². The van der Waals surface area contributed by atoms with Crippen molar-refractivity contribution in [2.75, 3.05) is 32.1 Å². The smallest absolute Gasteiger partial charge is 0.234 e. The Kier molecular flexibility index (Phi) is 4.68. The summed E-state index contributed by atoms with van der Waals surface area (Å²) in [6.45, 7) is 8.42. The summed E-state index contributed by atoms with van der Waals surface area (Å²) in [6.07, 6.45) is 1.56. The number of H-pyrrole nitrogens is 1. The van der Waals surface area contributed by atoms with Crippen LogP contribution in [0.25, 0.3) is 0 Å². The van der Waals surface area contributed by atoms with Crippen molar-refractivity contribution >= 4 is 11.7 Å². The quantitative estimate of drug-likeness (QED) is 0.789. The second-order valence-electron chi connectivity index (χ2n) is 6.83. The lowest BCUT2D eigenvalue weighted by Gasteiger charge is -2.35. The van der Waals surface area contributed by atoms with Crippen LogP contribution in [0.5, 0.6) is 0 Å². The summed E-state index contributed by atoms with van der Waals surface area (Å²) in [5.74, 6) is 0.580. The van der Waals surface area contributed by atoms with Crippen LogP contribution in [0.3, 0.4) is 0 Å². The van der Waals surface area contributed by atoms with Gasteiger partial charge in [0, 0.05) is 24.3 Å². The molecule has 1 aliphatic rings. The van der Waals surface area contributed by atoms with Crippen LogP contribution in [0.1, 0.15) is 39.3 Å². The Balaban J connectivity index is 2.10. The molecule has 0 saturated carbocycles. The Morgan fingerprint density at radius 1 is 1.43 bits per heavy atom. The second-order valence-corrected chi connectivity index (χ2v) is 6.83. The standard InChI is InChI=1S/C15H26N4O2/c1-14(2,3)11-9-12(19-18-11)17-13(20)15(10-21-4)5-7-16-8-6-15/h9,16H,5-8,10H2,1-4H3,(H2,17,18,19,20). The predicted octanol–water partition coefficient (Wildman–Crippen LogP) is 1.66. The first-order valence-electron chi connectivity index (χ1n) is 7.44. The summed E-state index contributed by atoms with van der Waals surface area (Å²) < 4.78 is 5.29. The molecule has 1 amide bonds. The Morgan fingerprint density at radius 2 is 2.10 bits per heavy atom. The monoisotopic (exact) mass is 294 g/mol. The van der Waals surface area contributed by atoms with Gasteiger partial charge in [0.15, 0.2) is 5.82 Å². The number of rotatable bonds is 4. The molecule has 0 radical (unpaired) electrons. The summed E-state index contributed by atoms with van der Waals surface area (Å²) in [4.78, 5) is 12.7. The van der Waals surface area contributed by atoms with Crippen LogP contribution in [-0.2, 0) is 14.9 Å². The molecule has 1 aromatic rings. The molecule has 0 atom stereocenters. The fourth-order valence-electron chi connectivity index (χ4n) is 2.64. The number of amides is 1. The third-order valence-electron chi connectivity index (χ3n) is 4.09. The first-order valence-corrected chi connectivity index (χ1v) is 7.44. The van der Waals surface area contributed by atoms with Crippen molar-refractivity contribution in [2.45, 2.75) is 39.0 Å². The van der Waals surface area contributed by atoms with Crippen molar-refractivity contribution < 1.29 is 9.53 Å². The number of ether oxygens (including phenoxy) is 1. The number of carbonyl (C=O) groups is 1. The summed E-state index contributed by atoms with van der Waals surface area (Å²) in [5, 5.41) is 13.4. The average Bonchev–Trinajstić information content (AvgIpc) is 2.88. The third kappa shape index (κ3) is 3.63. The summed E-state index contributed by atoms with van der Waals surface area (Å²) >= 11 is 0. The maximum atomic E-state index is 12.7. The van der Waals surface area contributed by atoms with Crippen LogP contribution in [0.15, 0.2) is 6.07 Å². The van der Waals surface area contributed by atoms with E-state index in [2.05, 4.69) is 41.6 Å². The zero-order valence-corrected chi connectivity index (χ0v) is 13.4. The van der Waals surface area contributed by atoms with E-state index in [9.17, 15) is 4.79 Å². The van der Waals surface area contributed by atoms with E-state index in [1.807, 2.05) is 6.07 Å². The highest BCUT2D eigenvalue weighted by Crippen LogP contribution is 2.31. The lowest BCUT2D eigenvalue weighted by atomic mass is 9.78. The van der Waals surface area contributed by atoms with Crippen molar-refractivity contribution in [1.29, 1.82) is 0 Å². The Hall–Kier alpha value is -1.40. The minimum Gasteiger partial charge on any atom is -0.384 e. The molecule has 2 rings (SSSR count). The molecule has 6 nitrogen and oxygen atoms in total. The normalized spacial score (nSPS) is 18.5. The molecular weight excluding hydrogens is 268 g/mol. The number of nitrogens with one attached hydrogen (secondary N) is 3. The van der Waals surface area contributed by atoms with Crippen molar-refractivity contribution in [3.63, 3.8) is 0 Å². The maximum Gasteiger partial charge on any atom is 0.234 e. The molecule has 0 bridgehead atoms. The molecule has 2 heterocycles. The molecule has 3 N–H and O–H groups in total. The highest BCUT2D eigenvalue weighted by atomic mass is 16.5. The first-order chi connectivity index (χ1) is 9.87. The van der Waals surface area contributed by atoms with Gasteiger partial charge in [0.1, 0.15) is 0 Å². The van der Waals surface area contributed by atoms with E-state index in [-0.39, 0.29) is 11.3 Å². The van der Waals surface area contributed by atoms with Gasteiger partial charge in [-0.2, -0.15) is 5.10 Å². The minimum absolute atomic E-state index is 0.00203. The summed E-state index contributed by atoms with van der Waals surface area (Å²) in [6, 6.07) is 1.90. The summed E-state index contributed by atoms with van der Waals surface area (Å²) in [7, 11) is 1.64. The van der Waals surface area contributed by atoms with Crippen LogP contribution in [0.4, 0.5) is 5.82 Å². The number of carbonyl (C=O) groups excluding carboxylic acids is 1. The number of aromatic amines is 1. The van der Waals surface area contributed by atoms with Gasteiger partial charge in [0.25, 0.3) is 0 Å². The number of methoxy groups -OCH3 is 1. The van der Waals surface area contributed by atoms with Crippen molar-refractivity contribution in [1.82, 2.24) is 15.5 Å². The van der Waals surface area contributed by atoms with E-state index in [1.54, 1.807) is 7.11 Å². The van der Waals surface area contributed by atoms with Gasteiger partial charge in [-0.1, -0.05) is 20.8 Å². The molecule has 21 heavy (non-hydrogen) atoms. The second kappa shape index (κ2) is 6.15. The van der Waals surface area contributed by atoms with E-state index in [0.29, 0.717) is 12.4 Å². The lowest BCUT2D eigenvalue weighted by Crippen LogP contribution is -2.47. The van der Waals surface area contributed by atoms with Crippen molar-refractivity contribution in [3.8, 4) is 0 Å². The van der Waals surface area contributed by atoms with Crippen molar-refractivity contribution in [3.05, 3.63) is 11.8 Å². The highest BCUT2D eigenvalue weighted by molar-refractivity contribution is 5.94. The molecule has 1 aromatic heterocycles. The molecule has 0 aliphatic carbocycles. The molecule has 1 fully saturated rings. The summed E-state index contributed by atoms with van der Waals surface area (Å²) in [5.41, 5.74) is 0.527. The average molecular weight is 294 g/mol. The van der Waals surface area contributed by atoms with E-state index in [0.717, 1.165) is 31.6 Å². The molecule has 6 heteroatoms. The van der Waals surface area contributed by atoms with Crippen LogP contribution in [-0.4, -0.2) is 42.9 Å². The van der Waals surface area contributed by atoms with Gasteiger partial charge in [-0.05, 0) is 25.9 Å². The molecule has 0 aromatic carbocycles. The van der Waals surface area contributed by atoms with Crippen LogP contribution in [0, 0.1) is 5.41 Å². The SMILES string of the molecule is COCC1(C(=O)Nc2cc(C(C)(C)C)[nH]n2)CCNCC1. The van der Waals surface area contributed by atoms with Crippen molar-refractivity contribution in [2.24, 2.45) is 5.41 Å². The number of nitrogens with zero attached hydrogens (tertiary/aromatic N) is 1. The van der Waals surface area contributed by atoms with Gasteiger partial charge in [-0.3, -0.25) is 9.89 Å². The molecular formula is C15H26N4O2. The lowest BCUT2D eigenvalue weighted by molar-refractivity contribution is -0.130. The van der Waals surface area contributed by atoms with Gasteiger partial charge in [0.05, 0.1) is 12.0 Å². The Morgan fingerprint density at radius 3 is 2.62 bits per heavy atom. The van der Waals surface area contributed by atoms with Crippen LogP contribution >= 0.6 is 0 Å². The fraction of sp³-hybridized carbons (Fsp3) is 0.733. The van der Waals surface area contributed by atoms with E-state index >= 15 is 0 Å².